The molecular formula is C5H11ClO4S. The second-order valence-corrected chi connectivity index (χ2v) is 5.23. The van der Waals surface area contributed by atoms with Gasteiger partial charge < -0.3 is 5.11 Å². The van der Waals surface area contributed by atoms with Gasteiger partial charge in [0.2, 0.25) is 9.05 Å². The Hall–Kier alpha value is -0.290. The standard InChI is InChI=1S/C3H7ClO2S.C2H4O2/c1-3(2)7(4,5)6;1-2(3)4/h3H,1-2H3;1H3,(H,3,4). The third-order valence-electron chi connectivity index (χ3n) is 0.563. The molecule has 0 radical (unpaired) electrons. The normalized spacial score (nSPS) is 10.3. The summed E-state index contributed by atoms with van der Waals surface area (Å²) in [5.41, 5.74) is 0. The first-order chi connectivity index (χ1) is 4.68. The molecule has 11 heavy (non-hydrogen) atoms. The Labute approximate surface area is 70.6 Å². The van der Waals surface area contributed by atoms with E-state index in [4.69, 9.17) is 20.6 Å². The molecule has 0 aliphatic heterocycles. The highest BCUT2D eigenvalue weighted by molar-refractivity contribution is 8.14. The lowest BCUT2D eigenvalue weighted by molar-refractivity contribution is -0.134. The maximum Gasteiger partial charge on any atom is 0.300 e. The smallest absolute Gasteiger partial charge is 0.300 e. The summed E-state index contributed by atoms with van der Waals surface area (Å²) < 4.78 is 20.2. The first-order valence-corrected chi connectivity index (χ1v) is 5.18. The van der Waals surface area contributed by atoms with Gasteiger partial charge in [0.15, 0.2) is 0 Å². The largest absolute Gasteiger partial charge is 0.481 e. The Morgan fingerprint density at radius 3 is 1.55 bits per heavy atom. The molecule has 0 rings (SSSR count). The summed E-state index contributed by atoms with van der Waals surface area (Å²) >= 11 is 0. The summed E-state index contributed by atoms with van der Waals surface area (Å²) in [5, 5.41) is 6.95. The van der Waals surface area contributed by atoms with Crippen molar-refractivity contribution in [1.82, 2.24) is 0 Å². The van der Waals surface area contributed by atoms with Crippen LogP contribution in [-0.2, 0) is 13.8 Å². The minimum Gasteiger partial charge on any atom is -0.481 e. The molecule has 0 atom stereocenters. The van der Waals surface area contributed by atoms with Crippen LogP contribution < -0.4 is 0 Å². The Kier molecular flexibility index (Phi) is 6.50. The highest BCUT2D eigenvalue weighted by Crippen LogP contribution is 2.03. The van der Waals surface area contributed by atoms with Crippen molar-refractivity contribution in [1.29, 1.82) is 0 Å². The predicted molar refractivity (Wildman–Crippen MR) is 43.2 cm³/mol. The molecule has 0 spiro atoms. The van der Waals surface area contributed by atoms with Gasteiger partial charge in [-0.05, 0) is 13.8 Å². The monoisotopic (exact) mass is 202 g/mol. The lowest BCUT2D eigenvalue weighted by Gasteiger charge is -1.93. The third kappa shape index (κ3) is 17.7. The van der Waals surface area contributed by atoms with Crippen molar-refractivity contribution < 1.29 is 18.3 Å². The number of carbonyl (C=O) groups is 1. The number of carboxylic acid groups (broad SMARTS) is 1. The van der Waals surface area contributed by atoms with Gasteiger partial charge in [-0.3, -0.25) is 4.79 Å². The first kappa shape index (κ1) is 13.3. The van der Waals surface area contributed by atoms with Crippen LogP contribution in [0.25, 0.3) is 0 Å². The molecule has 68 valence electrons. The van der Waals surface area contributed by atoms with Crippen molar-refractivity contribution >= 4 is 25.7 Å². The molecule has 0 heterocycles. The zero-order valence-electron chi connectivity index (χ0n) is 6.54. The maximum atomic E-state index is 10.1. The summed E-state index contributed by atoms with van der Waals surface area (Å²) in [6.45, 7) is 4.14. The van der Waals surface area contributed by atoms with Gasteiger partial charge in [-0.2, -0.15) is 0 Å². The van der Waals surface area contributed by atoms with Crippen molar-refractivity contribution in [3.05, 3.63) is 0 Å². The van der Waals surface area contributed by atoms with Gasteiger partial charge in [0.05, 0.1) is 5.25 Å². The van der Waals surface area contributed by atoms with Gasteiger partial charge in [-0.25, -0.2) is 8.42 Å². The second kappa shape index (κ2) is 5.37. The van der Waals surface area contributed by atoms with Crippen LogP contribution in [0, 0.1) is 0 Å². The zero-order chi connectivity index (χ0) is 9.65. The molecule has 0 aliphatic rings. The zero-order valence-corrected chi connectivity index (χ0v) is 8.11. The van der Waals surface area contributed by atoms with E-state index in [1.807, 2.05) is 0 Å². The average Bonchev–Trinajstić information content (AvgIpc) is 1.59. The molecule has 0 saturated carbocycles. The fourth-order valence-electron chi connectivity index (χ4n) is 0. The molecule has 0 aromatic rings. The third-order valence-corrected chi connectivity index (χ3v) is 2.76. The molecule has 0 amide bonds. The molecule has 0 fully saturated rings. The molecule has 0 aliphatic carbocycles. The Balaban J connectivity index is 0. The summed E-state index contributed by atoms with van der Waals surface area (Å²) in [5.74, 6) is -0.833. The van der Waals surface area contributed by atoms with Crippen LogP contribution in [0.3, 0.4) is 0 Å². The lowest BCUT2D eigenvalue weighted by atomic mass is 10.6. The molecule has 0 aromatic heterocycles. The molecule has 0 unspecified atom stereocenters. The average molecular weight is 203 g/mol. The molecule has 0 bridgehead atoms. The maximum absolute atomic E-state index is 10.1. The van der Waals surface area contributed by atoms with E-state index in [9.17, 15) is 8.42 Å². The van der Waals surface area contributed by atoms with E-state index in [-0.39, 0.29) is 0 Å². The van der Waals surface area contributed by atoms with Crippen LogP contribution in [-0.4, -0.2) is 24.7 Å². The van der Waals surface area contributed by atoms with E-state index in [1.54, 1.807) is 0 Å². The van der Waals surface area contributed by atoms with E-state index in [2.05, 4.69) is 0 Å². The quantitative estimate of drug-likeness (QED) is 0.646. The van der Waals surface area contributed by atoms with E-state index in [1.165, 1.54) is 13.8 Å². The van der Waals surface area contributed by atoms with E-state index >= 15 is 0 Å². The van der Waals surface area contributed by atoms with Crippen molar-refractivity contribution in [2.75, 3.05) is 0 Å². The SMILES string of the molecule is CC(=O)O.CC(C)S(=O)(=O)Cl. The fourth-order valence-corrected chi connectivity index (χ4v) is 0. The van der Waals surface area contributed by atoms with Crippen LogP contribution in [0.4, 0.5) is 0 Å². The molecule has 1 N–H and O–H groups in total. The number of hydrogen-bond donors (Lipinski definition) is 1. The van der Waals surface area contributed by atoms with Gasteiger partial charge in [0.25, 0.3) is 5.97 Å². The Morgan fingerprint density at radius 1 is 1.45 bits per heavy atom. The van der Waals surface area contributed by atoms with E-state index < -0.39 is 20.3 Å². The predicted octanol–water partition coefficient (Wildman–Crippen LogP) is 1.05. The molecule has 4 nitrogen and oxygen atoms in total. The van der Waals surface area contributed by atoms with Gasteiger partial charge in [-0.15, -0.1) is 0 Å². The van der Waals surface area contributed by atoms with Crippen molar-refractivity contribution in [2.24, 2.45) is 0 Å². The van der Waals surface area contributed by atoms with Crippen LogP contribution in [0.15, 0.2) is 0 Å². The summed E-state index contributed by atoms with van der Waals surface area (Å²) in [4.78, 5) is 9.00. The van der Waals surface area contributed by atoms with E-state index in [0.717, 1.165) is 6.92 Å². The second-order valence-electron chi connectivity index (χ2n) is 2.04. The summed E-state index contributed by atoms with van der Waals surface area (Å²) in [6.07, 6.45) is 0. The van der Waals surface area contributed by atoms with Gasteiger partial charge >= 0.3 is 0 Å². The molecule has 0 saturated heterocycles. The van der Waals surface area contributed by atoms with Crippen LogP contribution >= 0.6 is 10.7 Å². The van der Waals surface area contributed by atoms with Gasteiger partial charge in [0.1, 0.15) is 0 Å². The molecule has 0 aromatic carbocycles. The number of aliphatic carboxylic acids is 1. The Bertz CT molecular complexity index is 203. The minimum absolute atomic E-state index is 0.464. The Morgan fingerprint density at radius 2 is 1.55 bits per heavy atom. The summed E-state index contributed by atoms with van der Waals surface area (Å²) in [7, 11) is 1.57. The number of halogens is 1. The highest BCUT2D eigenvalue weighted by Gasteiger charge is 2.09. The van der Waals surface area contributed by atoms with Gasteiger partial charge in [0, 0.05) is 17.6 Å². The minimum atomic E-state index is -3.27. The molecular weight excluding hydrogens is 192 g/mol. The lowest BCUT2D eigenvalue weighted by Crippen LogP contribution is -2.04. The number of rotatable bonds is 1. The summed E-state index contributed by atoms with van der Waals surface area (Å²) in [6, 6.07) is 0. The highest BCUT2D eigenvalue weighted by atomic mass is 35.7. The van der Waals surface area contributed by atoms with Gasteiger partial charge in [-0.1, -0.05) is 0 Å². The van der Waals surface area contributed by atoms with Crippen molar-refractivity contribution in [3.8, 4) is 0 Å². The fraction of sp³-hybridized carbons (Fsp3) is 0.800. The number of hydrogen-bond acceptors (Lipinski definition) is 3. The first-order valence-electron chi connectivity index (χ1n) is 2.81. The van der Waals surface area contributed by atoms with E-state index in [0.29, 0.717) is 0 Å². The van der Waals surface area contributed by atoms with Crippen LogP contribution in [0.1, 0.15) is 20.8 Å². The molecule has 6 heteroatoms. The van der Waals surface area contributed by atoms with Crippen LogP contribution in [0.5, 0.6) is 0 Å². The van der Waals surface area contributed by atoms with Crippen molar-refractivity contribution in [3.63, 3.8) is 0 Å². The topological polar surface area (TPSA) is 71.4 Å². The van der Waals surface area contributed by atoms with Crippen molar-refractivity contribution in [2.45, 2.75) is 26.0 Å². The van der Waals surface area contributed by atoms with Crippen LogP contribution in [0.2, 0.25) is 0 Å². The number of carboxylic acids is 1.